The molecule has 2 N–H and O–H groups in total. The van der Waals surface area contributed by atoms with Crippen LogP contribution in [-0.2, 0) is 16.0 Å². The molecule has 0 bridgehead atoms. The minimum Gasteiger partial charge on any atom is -0.486 e. The zero-order chi connectivity index (χ0) is 16.1. The van der Waals surface area contributed by atoms with Crippen LogP contribution in [0, 0.1) is 6.92 Å². The van der Waals surface area contributed by atoms with Crippen LogP contribution >= 0.6 is 0 Å². The first-order chi connectivity index (χ1) is 11.2. The van der Waals surface area contributed by atoms with E-state index in [1.54, 1.807) is 18.7 Å². The molecule has 0 unspecified atom stereocenters. The van der Waals surface area contributed by atoms with Crippen molar-refractivity contribution < 1.29 is 14.3 Å². The Morgan fingerprint density at radius 3 is 3.13 bits per heavy atom. The van der Waals surface area contributed by atoms with Gasteiger partial charge in [-0.1, -0.05) is 0 Å². The van der Waals surface area contributed by atoms with Crippen molar-refractivity contribution in [2.45, 2.75) is 31.9 Å². The lowest BCUT2D eigenvalue weighted by atomic mass is 10.1. The third-order valence-electron chi connectivity index (χ3n) is 3.72. The number of pyridine rings is 1. The van der Waals surface area contributed by atoms with Crippen molar-refractivity contribution in [3.05, 3.63) is 42.2 Å². The highest BCUT2D eigenvalue weighted by Crippen LogP contribution is 2.18. The van der Waals surface area contributed by atoms with Crippen molar-refractivity contribution in [1.82, 2.24) is 20.3 Å². The predicted molar refractivity (Wildman–Crippen MR) is 83.0 cm³/mol. The quantitative estimate of drug-likeness (QED) is 0.859. The van der Waals surface area contributed by atoms with Crippen LogP contribution in [0.25, 0.3) is 0 Å². The number of carbonyl (C=O) groups excluding carboxylic acids is 1. The number of aryl methyl sites for hydroxylation is 1. The fourth-order valence-corrected chi connectivity index (χ4v) is 2.50. The second-order valence-corrected chi connectivity index (χ2v) is 5.58. The van der Waals surface area contributed by atoms with Gasteiger partial charge in [-0.15, -0.1) is 0 Å². The zero-order valence-corrected chi connectivity index (χ0v) is 13.0. The first-order valence-corrected chi connectivity index (χ1v) is 7.64. The van der Waals surface area contributed by atoms with Crippen molar-refractivity contribution >= 4 is 5.91 Å². The summed E-state index contributed by atoms with van der Waals surface area (Å²) in [6.07, 6.45) is 5.76. The molecule has 2 atom stereocenters. The number of nitrogens with one attached hydrogen (secondary N) is 2. The average molecular weight is 316 g/mol. The maximum Gasteiger partial charge on any atom is 0.226 e. The van der Waals surface area contributed by atoms with E-state index in [2.05, 4.69) is 20.3 Å². The maximum atomic E-state index is 12.1. The molecular weight excluding hydrogens is 296 g/mol. The second kappa shape index (κ2) is 7.23. The molecule has 0 radical (unpaired) electrons. The van der Waals surface area contributed by atoms with Crippen LogP contribution in [0.4, 0.5) is 0 Å². The van der Waals surface area contributed by atoms with Crippen LogP contribution < -0.4 is 10.1 Å². The summed E-state index contributed by atoms with van der Waals surface area (Å²) in [6.45, 7) is 2.99. The molecule has 3 heterocycles. The molecule has 1 aliphatic rings. The number of hydrogen-bond acceptors (Lipinski definition) is 5. The molecule has 3 rings (SSSR count). The van der Waals surface area contributed by atoms with E-state index in [1.807, 2.05) is 19.1 Å². The molecular formula is C16H20N4O3. The lowest BCUT2D eigenvalue weighted by Gasteiger charge is -2.32. The summed E-state index contributed by atoms with van der Waals surface area (Å²) in [5.41, 5.74) is 1.72. The second-order valence-electron chi connectivity index (χ2n) is 5.58. The largest absolute Gasteiger partial charge is 0.486 e. The topological polar surface area (TPSA) is 89.1 Å². The van der Waals surface area contributed by atoms with E-state index in [0.29, 0.717) is 19.0 Å². The lowest BCUT2D eigenvalue weighted by molar-refractivity contribution is -0.123. The Balaban J connectivity index is 1.59. The molecule has 0 spiro atoms. The highest BCUT2D eigenvalue weighted by molar-refractivity contribution is 5.78. The molecule has 7 nitrogen and oxygen atoms in total. The number of aromatic nitrogens is 3. The van der Waals surface area contributed by atoms with Gasteiger partial charge < -0.3 is 19.8 Å². The Morgan fingerprint density at radius 2 is 2.39 bits per heavy atom. The molecule has 23 heavy (non-hydrogen) atoms. The lowest BCUT2D eigenvalue weighted by Crippen LogP contribution is -2.52. The first-order valence-electron chi connectivity index (χ1n) is 7.64. The number of H-pyrrole nitrogens is 1. The summed E-state index contributed by atoms with van der Waals surface area (Å²) in [6, 6.07) is 3.61. The van der Waals surface area contributed by atoms with Gasteiger partial charge in [0.15, 0.2) is 0 Å². The summed E-state index contributed by atoms with van der Waals surface area (Å²) >= 11 is 0. The Morgan fingerprint density at radius 1 is 1.48 bits per heavy atom. The third-order valence-corrected chi connectivity index (χ3v) is 3.72. The van der Waals surface area contributed by atoms with Crippen molar-refractivity contribution in [2.75, 3.05) is 13.2 Å². The highest BCUT2D eigenvalue weighted by atomic mass is 16.5. The van der Waals surface area contributed by atoms with Gasteiger partial charge in [0.25, 0.3) is 0 Å². The number of hydrogen-bond donors (Lipinski definition) is 2. The van der Waals surface area contributed by atoms with E-state index in [-0.39, 0.29) is 24.5 Å². The molecule has 0 saturated carbocycles. The molecule has 2 aromatic rings. The van der Waals surface area contributed by atoms with E-state index in [0.717, 1.165) is 17.8 Å². The summed E-state index contributed by atoms with van der Waals surface area (Å²) in [7, 11) is 0. The number of ether oxygens (including phenoxy) is 2. The summed E-state index contributed by atoms with van der Waals surface area (Å²) < 4.78 is 11.5. The van der Waals surface area contributed by atoms with Crippen molar-refractivity contribution in [2.24, 2.45) is 0 Å². The van der Waals surface area contributed by atoms with Gasteiger partial charge in [0.1, 0.15) is 11.9 Å². The van der Waals surface area contributed by atoms with Gasteiger partial charge in [0.2, 0.25) is 5.91 Å². The summed E-state index contributed by atoms with van der Waals surface area (Å²) in [5, 5.41) is 2.98. The Kier molecular flexibility index (Phi) is 4.87. The van der Waals surface area contributed by atoms with Crippen molar-refractivity contribution in [1.29, 1.82) is 0 Å². The van der Waals surface area contributed by atoms with E-state index >= 15 is 0 Å². The maximum absolute atomic E-state index is 12.1. The normalized spacial score (nSPS) is 20.9. The molecule has 122 valence electrons. The average Bonchev–Trinajstić information content (AvgIpc) is 3.04. The predicted octanol–water partition coefficient (Wildman–Crippen LogP) is 1.01. The number of imidazole rings is 1. The van der Waals surface area contributed by atoms with Crippen LogP contribution in [-0.4, -0.2) is 46.2 Å². The number of nitrogens with zero attached hydrogens (tertiary/aromatic N) is 2. The minimum atomic E-state index is -0.180. The van der Waals surface area contributed by atoms with Crippen LogP contribution in [0.5, 0.6) is 5.75 Å². The molecule has 1 fully saturated rings. The Hall–Kier alpha value is -2.41. The molecule has 1 amide bonds. The number of aromatic amines is 1. The van der Waals surface area contributed by atoms with E-state index in [1.165, 1.54) is 0 Å². The number of carbonyl (C=O) groups is 1. The van der Waals surface area contributed by atoms with Gasteiger partial charge in [-0.2, -0.15) is 0 Å². The van der Waals surface area contributed by atoms with Crippen LogP contribution in [0.15, 0.2) is 30.9 Å². The monoisotopic (exact) mass is 316 g/mol. The number of rotatable bonds is 5. The minimum absolute atomic E-state index is 0.0830. The zero-order valence-electron chi connectivity index (χ0n) is 13.0. The van der Waals surface area contributed by atoms with Gasteiger partial charge in [0.05, 0.1) is 38.2 Å². The molecule has 0 aromatic carbocycles. The fourth-order valence-electron chi connectivity index (χ4n) is 2.50. The van der Waals surface area contributed by atoms with E-state index in [4.69, 9.17) is 9.47 Å². The Labute approximate surface area is 134 Å². The highest BCUT2D eigenvalue weighted by Gasteiger charge is 2.29. The molecule has 7 heteroatoms. The van der Waals surface area contributed by atoms with Crippen molar-refractivity contribution in [3.8, 4) is 5.75 Å². The molecule has 1 saturated heterocycles. The third kappa shape index (κ3) is 4.29. The van der Waals surface area contributed by atoms with Crippen LogP contribution in [0.2, 0.25) is 0 Å². The van der Waals surface area contributed by atoms with E-state index < -0.39 is 0 Å². The summed E-state index contributed by atoms with van der Waals surface area (Å²) in [4.78, 5) is 23.2. The fraction of sp³-hybridized carbons (Fsp3) is 0.438. The first kappa shape index (κ1) is 15.5. The van der Waals surface area contributed by atoms with Crippen LogP contribution in [0.3, 0.4) is 0 Å². The van der Waals surface area contributed by atoms with Gasteiger partial charge in [-0.05, 0) is 19.1 Å². The Bertz CT molecular complexity index is 627. The van der Waals surface area contributed by atoms with Crippen LogP contribution in [0.1, 0.15) is 17.8 Å². The van der Waals surface area contributed by atoms with Gasteiger partial charge in [0, 0.05) is 24.0 Å². The standard InChI is InChI=1S/C16H20N4O3/c1-11-2-3-13(8-18-11)23-15-4-5-22-9-14(15)20-16(21)6-12-7-17-10-19-12/h2-3,7-8,10,14-15H,4-6,9H2,1H3,(H,17,19)(H,20,21)/t14-,15+/m0/s1. The SMILES string of the molecule is Cc1ccc(O[C@@H]2CCOC[C@@H]2NC(=O)Cc2cnc[nH]2)cn1. The molecule has 0 aliphatic carbocycles. The number of amides is 1. The van der Waals surface area contributed by atoms with Gasteiger partial charge >= 0.3 is 0 Å². The molecule has 1 aliphatic heterocycles. The van der Waals surface area contributed by atoms with E-state index in [9.17, 15) is 4.79 Å². The van der Waals surface area contributed by atoms with Crippen molar-refractivity contribution in [3.63, 3.8) is 0 Å². The van der Waals surface area contributed by atoms with Gasteiger partial charge in [-0.3, -0.25) is 9.78 Å². The smallest absolute Gasteiger partial charge is 0.226 e. The molecule has 2 aromatic heterocycles. The summed E-state index contributed by atoms with van der Waals surface area (Å²) in [5.74, 6) is 0.621. The van der Waals surface area contributed by atoms with Gasteiger partial charge in [-0.25, -0.2) is 4.98 Å².